The van der Waals surface area contributed by atoms with E-state index in [4.69, 9.17) is 16.3 Å². The summed E-state index contributed by atoms with van der Waals surface area (Å²) in [5.41, 5.74) is 0.657. The molecule has 2 N–H and O–H groups in total. The molecule has 0 aliphatic rings. The van der Waals surface area contributed by atoms with Crippen LogP contribution in [0.3, 0.4) is 0 Å². The maximum atomic E-state index is 13.0. The van der Waals surface area contributed by atoms with Crippen LogP contribution in [0.4, 0.5) is 0 Å². The molecule has 0 unspecified atom stereocenters. The molecule has 3 aromatic rings. The van der Waals surface area contributed by atoms with Crippen molar-refractivity contribution in [3.63, 3.8) is 0 Å². The standard InChI is InChI=1S/C23H21ClN2O5/c1-26-14-17(10-11-27)19(21(28)25-13-15-6-5-9-18(24)12-15)20(22(26)29)31-23(30)16-7-3-2-4-8-16/h2-9,12,14,27H,10-11,13H2,1H3,(H,25,28). The quantitative estimate of drug-likeness (QED) is 0.550. The monoisotopic (exact) mass is 440 g/mol. The van der Waals surface area contributed by atoms with Crippen LogP contribution in [0.15, 0.2) is 65.6 Å². The fourth-order valence-corrected chi connectivity index (χ4v) is 3.28. The third-order valence-electron chi connectivity index (χ3n) is 4.57. The van der Waals surface area contributed by atoms with Crippen LogP contribution in [0, 0.1) is 0 Å². The molecule has 0 aliphatic heterocycles. The zero-order chi connectivity index (χ0) is 22.4. The van der Waals surface area contributed by atoms with Crippen molar-refractivity contribution in [2.75, 3.05) is 6.61 Å². The van der Waals surface area contributed by atoms with E-state index < -0.39 is 17.4 Å². The lowest BCUT2D eigenvalue weighted by Gasteiger charge is -2.16. The number of nitrogens with zero attached hydrogens (tertiary/aromatic N) is 1. The Morgan fingerprint density at radius 3 is 2.55 bits per heavy atom. The molecular weight excluding hydrogens is 420 g/mol. The van der Waals surface area contributed by atoms with E-state index in [9.17, 15) is 19.5 Å². The van der Waals surface area contributed by atoms with Crippen LogP contribution in [0.25, 0.3) is 0 Å². The van der Waals surface area contributed by atoms with Crippen molar-refractivity contribution < 1.29 is 19.4 Å². The van der Waals surface area contributed by atoms with Crippen LogP contribution in [0.5, 0.6) is 5.75 Å². The van der Waals surface area contributed by atoms with Gasteiger partial charge in [-0.25, -0.2) is 4.79 Å². The third kappa shape index (κ3) is 5.39. The van der Waals surface area contributed by atoms with Gasteiger partial charge in [0, 0.05) is 31.4 Å². The van der Waals surface area contributed by atoms with Crippen LogP contribution in [0.2, 0.25) is 5.02 Å². The highest BCUT2D eigenvalue weighted by molar-refractivity contribution is 6.30. The molecule has 0 saturated carbocycles. The number of benzene rings is 2. The van der Waals surface area contributed by atoms with Crippen LogP contribution in [-0.4, -0.2) is 28.2 Å². The topological polar surface area (TPSA) is 97.6 Å². The molecule has 0 spiro atoms. The number of ether oxygens (including phenoxy) is 1. The number of esters is 1. The van der Waals surface area contributed by atoms with E-state index in [1.54, 1.807) is 54.6 Å². The lowest BCUT2D eigenvalue weighted by molar-refractivity contribution is 0.0728. The number of nitrogens with one attached hydrogen (secondary N) is 1. The minimum absolute atomic E-state index is 0.0801. The van der Waals surface area contributed by atoms with E-state index in [0.717, 1.165) is 5.56 Å². The average molecular weight is 441 g/mol. The van der Waals surface area contributed by atoms with Gasteiger partial charge in [-0.05, 0) is 41.8 Å². The van der Waals surface area contributed by atoms with Crippen LogP contribution in [0.1, 0.15) is 31.8 Å². The summed E-state index contributed by atoms with van der Waals surface area (Å²) >= 11 is 5.98. The van der Waals surface area contributed by atoms with E-state index in [1.807, 2.05) is 0 Å². The number of rotatable bonds is 7. The Bertz CT molecular complexity index is 1160. The maximum absolute atomic E-state index is 13.0. The Morgan fingerprint density at radius 2 is 1.87 bits per heavy atom. The zero-order valence-electron chi connectivity index (χ0n) is 16.8. The van der Waals surface area contributed by atoms with Crippen molar-refractivity contribution >= 4 is 23.5 Å². The molecule has 0 atom stereocenters. The molecule has 2 aromatic carbocycles. The molecule has 160 valence electrons. The van der Waals surface area contributed by atoms with Crippen molar-refractivity contribution in [2.24, 2.45) is 7.05 Å². The number of aryl methyl sites for hydroxylation is 1. The molecule has 0 saturated heterocycles. The van der Waals surface area contributed by atoms with Crippen molar-refractivity contribution in [3.05, 3.63) is 98.4 Å². The highest BCUT2D eigenvalue weighted by atomic mass is 35.5. The fourth-order valence-electron chi connectivity index (χ4n) is 3.07. The molecule has 1 aromatic heterocycles. The summed E-state index contributed by atoms with van der Waals surface area (Å²) in [5, 5.41) is 12.7. The molecule has 7 nitrogen and oxygen atoms in total. The molecule has 0 aliphatic carbocycles. The number of hydrogen-bond donors (Lipinski definition) is 2. The van der Waals surface area contributed by atoms with Gasteiger partial charge in [0.05, 0.1) is 11.1 Å². The van der Waals surface area contributed by atoms with Crippen molar-refractivity contribution in [2.45, 2.75) is 13.0 Å². The van der Waals surface area contributed by atoms with Gasteiger partial charge >= 0.3 is 5.97 Å². The van der Waals surface area contributed by atoms with Crippen LogP contribution in [-0.2, 0) is 20.0 Å². The Kier molecular flexibility index (Phi) is 7.23. The van der Waals surface area contributed by atoms with Crippen LogP contribution >= 0.6 is 11.6 Å². The molecule has 31 heavy (non-hydrogen) atoms. The first-order chi connectivity index (χ1) is 14.9. The van der Waals surface area contributed by atoms with E-state index in [1.165, 1.54) is 17.8 Å². The zero-order valence-corrected chi connectivity index (χ0v) is 17.6. The summed E-state index contributed by atoms with van der Waals surface area (Å²) in [6, 6.07) is 15.1. The van der Waals surface area contributed by atoms with Gasteiger partial charge in [0.2, 0.25) is 5.75 Å². The molecule has 1 amide bonds. The van der Waals surface area contributed by atoms with E-state index in [-0.39, 0.29) is 36.4 Å². The maximum Gasteiger partial charge on any atom is 0.343 e. The highest BCUT2D eigenvalue weighted by Crippen LogP contribution is 2.21. The molecular formula is C23H21ClN2O5. The molecule has 0 bridgehead atoms. The minimum atomic E-state index is -0.761. The Balaban J connectivity index is 1.97. The second-order valence-electron chi connectivity index (χ2n) is 6.82. The molecule has 0 radical (unpaired) electrons. The number of amides is 1. The fraction of sp³-hybridized carbons (Fsp3) is 0.174. The largest absolute Gasteiger partial charge is 0.416 e. The third-order valence-corrected chi connectivity index (χ3v) is 4.80. The second-order valence-corrected chi connectivity index (χ2v) is 7.25. The van der Waals surface area contributed by atoms with Gasteiger partial charge < -0.3 is 19.7 Å². The smallest absolute Gasteiger partial charge is 0.343 e. The number of aliphatic hydroxyl groups excluding tert-OH is 1. The Hall–Kier alpha value is -3.42. The minimum Gasteiger partial charge on any atom is -0.416 e. The summed E-state index contributed by atoms with van der Waals surface area (Å²) in [6.45, 7) is -0.0991. The lowest BCUT2D eigenvalue weighted by Crippen LogP contribution is -2.31. The molecule has 1 heterocycles. The summed E-state index contributed by atoms with van der Waals surface area (Å²) in [4.78, 5) is 38.4. The Morgan fingerprint density at radius 1 is 1.13 bits per heavy atom. The van der Waals surface area contributed by atoms with Crippen molar-refractivity contribution in [1.29, 1.82) is 0 Å². The van der Waals surface area contributed by atoms with Gasteiger partial charge in [0.15, 0.2) is 0 Å². The summed E-state index contributed by atoms with van der Waals surface area (Å²) in [5.74, 6) is -1.74. The van der Waals surface area contributed by atoms with Gasteiger partial charge in [0.1, 0.15) is 0 Å². The van der Waals surface area contributed by atoms with Crippen molar-refractivity contribution in [3.8, 4) is 5.75 Å². The van der Waals surface area contributed by atoms with Gasteiger partial charge in [-0.1, -0.05) is 41.9 Å². The Labute approximate surface area is 183 Å². The van der Waals surface area contributed by atoms with Gasteiger partial charge in [-0.3, -0.25) is 9.59 Å². The predicted octanol–water partition coefficient (Wildman–Crippen LogP) is 2.72. The van der Waals surface area contributed by atoms with Gasteiger partial charge in [-0.15, -0.1) is 0 Å². The van der Waals surface area contributed by atoms with E-state index >= 15 is 0 Å². The molecule has 8 heteroatoms. The molecule has 0 fully saturated rings. The van der Waals surface area contributed by atoms with Crippen LogP contribution < -0.4 is 15.6 Å². The number of pyridine rings is 1. The number of carbonyl (C=O) groups excluding carboxylic acids is 2. The first-order valence-electron chi connectivity index (χ1n) is 9.54. The van der Waals surface area contributed by atoms with E-state index in [2.05, 4.69) is 5.32 Å². The lowest BCUT2D eigenvalue weighted by atomic mass is 10.1. The number of carbonyl (C=O) groups is 2. The number of hydrogen-bond acceptors (Lipinski definition) is 5. The van der Waals surface area contributed by atoms with Crippen molar-refractivity contribution in [1.82, 2.24) is 9.88 Å². The first kappa shape index (κ1) is 22.3. The van der Waals surface area contributed by atoms with E-state index in [0.29, 0.717) is 10.6 Å². The SMILES string of the molecule is Cn1cc(CCO)c(C(=O)NCc2cccc(Cl)c2)c(OC(=O)c2ccccc2)c1=O. The summed E-state index contributed by atoms with van der Waals surface area (Å²) in [6.07, 6.45) is 1.55. The highest BCUT2D eigenvalue weighted by Gasteiger charge is 2.24. The van der Waals surface area contributed by atoms with Gasteiger partial charge in [0.25, 0.3) is 11.5 Å². The number of aromatic nitrogens is 1. The first-order valence-corrected chi connectivity index (χ1v) is 9.91. The number of aliphatic hydroxyl groups is 1. The normalized spacial score (nSPS) is 10.5. The number of halogens is 1. The molecule has 3 rings (SSSR count). The average Bonchev–Trinajstić information content (AvgIpc) is 2.76. The second kappa shape index (κ2) is 10.1. The predicted molar refractivity (Wildman–Crippen MR) is 116 cm³/mol. The summed E-state index contributed by atoms with van der Waals surface area (Å²) < 4.78 is 6.60. The summed E-state index contributed by atoms with van der Waals surface area (Å²) in [7, 11) is 1.48. The van der Waals surface area contributed by atoms with Gasteiger partial charge in [-0.2, -0.15) is 0 Å².